The van der Waals surface area contributed by atoms with Crippen molar-refractivity contribution < 1.29 is 13.2 Å². The zero-order chi connectivity index (χ0) is 20.1. The Hall–Kier alpha value is -2.08. The van der Waals surface area contributed by atoms with Crippen LogP contribution in [0.25, 0.3) is 0 Å². The summed E-state index contributed by atoms with van der Waals surface area (Å²) in [6.45, 7) is 0. The van der Waals surface area contributed by atoms with E-state index in [1.807, 2.05) is 24.5 Å². The number of aromatic nitrogens is 2. The third-order valence-electron chi connectivity index (χ3n) is 3.50. The Bertz CT molecular complexity index is 1090. The molecule has 11 heteroatoms. The van der Waals surface area contributed by atoms with Crippen molar-refractivity contribution in [3.8, 4) is 0 Å². The summed E-state index contributed by atoms with van der Waals surface area (Å²) >= 11 is 3.76. The second kappa shape index (κ2) is 8.95. The maximum absolute atomic E-state index is 12.5. The first kappa shape index (κ1) is 20.6. The van der Waals surface area contributed by atoms with E-state index in [9.17, 15) is 13.2 Å². The lowest BCUT2D eigenvalue weighted by Gasteiger charge is -2.08. The molecule has 7 nitrogen and oxygen atoms in total. The van der Waals surface area contributed by atoms with Gasteiger partial charge in [-0.3, -0.25) is 4.79 Å². The second-order valence-corrected chi connectivity index (χ2v) is 10.3. The molecule has 0 aliphatic carbocycles. The molecule has 3 aromatic rings. The molecule has 1 aromatic carbocycles. The van der Waals surface area contributed by atoms with Crippen molar-refractivity contribution in [3.63, 3.8) is 0 Å². The second-order valence-electron chi connectivity index (χ2n) is 5.41. The molecule has 0 unspecified atom stereocenters. The van der Waals surface area contributed by atoms with E-state index in [0.717, 1.165) is 28.0 Å². The van der Waals surface area contributed by atoms with Crippen molar-refractivity contribution in [2.75, 3.05) is 23.1 Å². The van der Waals surface area contributed by atoms with Gasteiger partial charge in [-0.2, -0.15) is 0 Å². The predicted octanol–water partition coefficient (Wildman–Crippen LogP) is 3.41. The van der Waals surface area contributed by atoms with Gasteiger partial charge in [-0.15, -0.1) is 23.1 Å². The van der Waals surface area contributed by atoms with Gasteiger partial charge in [-0.25, -0.2) is 18.4 Å². The summed E-state index contributed by atoms with van der Waals surface area (Å²) in [5, 5.41) is 4.70. The van der Waals surface area contributed by atoms with E-state index in [-0.39, 0.29) is 31.7 Å². The molecular formula is C17H16N4O3S4. The Kier molecular flexibility index (Phi) is 6.60. The molecule has 3 N–H and O–H groups in total. The van der Waals surface area contributed by atoms with Crippen molar-refractivity contribution in [1.29, 1.82) is 0 Å². The minimum absolute atomic E-state index is 0.0694. The lowest BCUT2D eigenvalue weighted by atomic mass is 10.3. The van der Waals surface area contributed by atoms with Crippen LogP contribution >= 0.6 is 34.9 Å². The molecule has 0 bridgehead atoms. The lowest BCUT2D eigenvalue weighted by Crippen LogP contribution is -2.14. The maximum Gasteiger partial charge on any atom is 0.234 e. The number of rotatable bonds is 7. The molecule has 0 fully saturated rings. The van der Waals surface area contributed by atoms with Crippen LogP contribution in [0.5, 0.6) is 0 Å². The number of benzene rings is 1. The topological polar surface area (TPSA) is 115 Å². The van der Waals surface area contributed by atoms with E-state index >= 15 is 0 Å². The minimum atomic E-state index is -3.74. The Morgan fingerprint density at radius 3 is 2.79 bits per heavy atom. The van der Waals surface area contributed by atoms with Crippen molar-refractivity contribution >= 4 is 62.1 Å². The third-order valence-corrected chi connectivity index (χ3v) is 8.25. The van der Waals surface area contributed by atoms with Gasteiger partial charge in [0.25, 0.3) is 0 Å². The van der Waals surface area contributed by atoms with Gasteiger partial charge in [-0.05, 0) is 35.9 Å². The van der Waals surface area contributed by atoms with Crippen LogP contribution in [0.4, 0.5) is 11.5 Å². The quantitative estimate of drug-likeness (QED) is 0.414. The van der Waals surface area contributed by atoms with Crippen molar-refractivity contribution in [3.05, 3.63) is 48.0 Å². The summed E-state index contributed by atoms with van der Waals surface area (Å²) < 4.78 is 25.2. The van der Waals surface area contributed by atoms with Crippen LogP contribution in [0.3, 0.4) is 0 Å². The number of thiophene rings is 1. The number of anilines is 2. The SMILES string of the molecule is CSc1cccc(NC(=O)CSc2ncc(S(=O)(=O)c3cccs3)c(N)n2)c1. The van der Waals surface area contributed by atoms with Crippen molar-refractivity contribution in [2.24, 2.45) is 0 Å². The van der Waals surface area contributed by atoms with Gasteiger partial charge in [-0.1, -0.05) is 23.9 Å². The molecule has 28 heavy (non-hydrogen) atoms. The fourth-order valence-electron chi connectivity index (χ4n) is 2.20. The predicted molar refractivity (Wildman–Crippen MR) is 114 cm³/mol. The number of nitrogens with one attached hydrogen (secondary N) is 1. The average Bonchev–Trinajstić information content (AvgIpc) is 3.22. The van der Waals surface area contributed by atoms with Gasteiger partial charge in [0.1, 0.15) is 14.9 Å². The zero-order valence-corrected chi connectivity index (χ0v) is 17.9. The monoisotopic (exact) mass is 452 g/mol. The summed E-state index contributed by atoms with van der Waals surface area (Å²) in [5.74, 6) is -0.292. The minimum Gasteiger partial charge on any atom is -0.382 e. The number of amides is 1. The van der Waals surface area contributed by atoms with Gasteiger partial charge in [0.2, 0.25) is 15.7 Å². The summed E-state index contributed by atoms with van der Waals surface area (Å²) in [6, 6.07) is 10.7. The highest BCUT2D eigenvalue weighted by Gasteiger charge is 2.23. The van der Waals surface area contributed by atoms with Gasteiger partial charge in [0.05, 0.1) is 11.9 Å². The molecule has 0 aliphatic heterocycles. The van der Waals surface area contributed by atoms with Crippen LogP contribution in [0, 0.1) is 0 Å². The fraction of sp³-hybridized carbons (Fsp3) is 0.118. The summed E-state index contributed by atoms with van der Waals surface area (Å²) in [6.07, 6.45) is 3.14. The van der Waals surface area contributed by atoms with Crippen molar-refractivity contribution in [2.45, 2.75) is 19.2 Å². The number of nitrogen functional groups attached to an aromatic ring is 1. The van der Waals surface area contributed by atoms with Crippen LogP contribution in [0.15, 0.2) is 67.1 Å². The Balaban J connectivity index is 1.65. The number of carbonyl (C=O) groups is 1. The van der Waals surface area contributed by atoms with Crippen LogP contribution in [0.1, 0.15) is 0 Å². The van der Waals surface area contributed by atoms with Gasteiger partial charge in [0.15, 0.2) is 5.16 Å². The Morgan fingerprint density at radius 2 is 2.11 bits per heavy atom. The fourth-order valence-corrected chi connectivity index (χ4v) is 5.66. The summed E-state index contributed by atoms with van der Waals surface area (Å²) in [7, 11) is -3.74. The number of nitrogens with zero attached hydrogens (tertiary/aromatic N) is 2. The molecular weight excluding hydrogens is 436 g/mol. The smallest absolute Gasteiger partial charge is 0.234 e. The van der Waals surface area contributed by atoms with E-state index in [4.69, 9.17) is 5.73 Å². The molecule has 1 amide bonds. The van der Waals surface area contributed by atoms with E-state index in [1.165, 1.54) is 12.3 Å². The number of nitrogens with two attached hydrogens (primary N) is 1. The molecule has 0 radical (unpaired) electrons. The maximum atomic E-state index is 12.5. The molecule has 0 atom stereocenters. The molecule has 2 heterocycles. The molecule has 3 rings (SSSR count). The Morgan fingerprint density at radius 1 is 1.29 bits per heavy atom. The van der Waals surface area contributed by atoms with Crippen LogP contribution in [0.2, 0.25) is 0 Å². The first-order valence-corrected chi connectivity index (χ1v) is 12.5. The highest BCUT2D eigenvalue weighted by molar-refractivity contribution is 7.99. The van der Waals surface area contributed by atoms with Gasteiger partial charge in [0, 0.05) is 10.6 Å². The lowest BCUT2D eigenvalue weighted by molar-refractivity contribution is -0.113. The molecule has 0 saturated heterocycles. The van der Waals surface area contributed by atoms with Gasteiger partial charge >= 0.3 is 0 Å². The zero-order valence-electron chi connectivity index (χ0n) is 14.7. The highest BCUT2D eigenvalue weighted by atomic mass is 32.2. The Labute approximate surface area is 175 Å². The normalized spacial score (nSPS) is 11.3. The highest BCUT2D eigenvalue weighted by Crippen LogP contribution is 2.28. The van der Waals surface area contributed by atoms with E-state index < -0.39 is 9.84 Å². The van der Waals surface area contributed by atoms with Crippen LogP contribution in [-0.2, 0) is 14.6 Å². The molecule has 2 aromatic heterocycles. The third kappa shape index (κ3) is 4.85. The average molecular weight is 453 g/mol. The van der Waals surface area contributed by atoms with Gasteiger partial charge < -0.3 is 11.1 Å². The molecule has 0 aliphatic rings. The number of hydrogen-bond donors (Lipinski definition) is 2. The summed E-state index contributed by atoms with van der Waals surface area (Å²) in [4.78, 5) is 21.1. The van der Waals surface area contributed by atoms with E-state index in [0.29, 0.717) is 5.69 Å². The molecule has 146 valence electrons. The molecule has 0 spiro atoms. The van der Waals surface area contributed by atoms with Crippen molar-refractivity contribution in [1.82, 2.24) is 9.97 Å². The molecule has 0 saturated carbocycles. The van der Waals surface area contributed by atoms with E-state index in [1.54, 1.807) is 29.3 Å². The largest absolute Gasteiger partial charge is 0.382 e. The standard InChI is InChI=1S/C17H16N4O3S4/c1-25-12-5-2-4-11(8-12)20-14(22)10-27-17-19-9-13(16(18)21-17)28(23,24)15-6-3-7-26-15/h2-9H,10H2,1H3,(H,20,22)(H2,18,19,21). The number of hydrogen-bond acceptors (Lipinski definition) is 9. The van der Waals surface area contributed by atoms with E-state index in [2.05, 4.69) is 15.3 Å². The number of thioether (sulfide) groups is 2. The number of carbonyl (C=O) groups excluding carboxylic acids is 1. The first-order valence-electron chi connectivity index (χ1n) is 7.88. The number of sulfone groups is 1. The van der Waals surface area contributed by atoms with Crippen LogP contribution < -0.4 is 11.1 Å². The first-order chi connectivity index (χ1) is 13.4. The summed E-state index contributed by atoms with van der Waals surface area (Å²) in [5.41, 5.74) is 6.54. The van der Waals surface area contributed by atoms with Crippen LogP contribution in [-0.4, -0.2) is 36.3 Å².